The van der Waals surface area contributed by atoms with Gasteiger partial charge in [-0.15, -0.1) is 11.3 Å². The van der Waals surface area contributed by atoms with Crippen molar-refractivity contribution in [2.24, 2.45) is 0 Å². The standard InChI is InChI=1S/C36H40N2O2S/c1-25(2)38(35(40)33(26-12-8-6-9-13-26)27-14-10-7-11-15-27)24-32(39)37-22-20-31-30(21-23-41-31)34(37)28-16-18-29(19-17-28)36(3,4)5/h6-19,21,23,25,33-34H,20,22,24H2,1-5H3. The van der Waals surface area contributed by atoms with E-state index in [4.69, 9.17) is 0 Å². The van der Waals surface area contributed by atoms with Crippen molar-refractivity contribution in [1.82, 2.24) is 9.80 Å². The minimum absolute atomic E-state index is 0.0197. The van der Waals surface area contributed by atoms with Crippen LogP contribution in [0.1, 0.15) is 79.3 Å². The van der Waals surface area contributed by atoms with Crippen LogP contribution < -0.4 is 0 Å². The fourth-order valence-electron chi connectivity index (χ4n) is 5.80. The van der Waals surface area contributed by atoms with E-state index in [2.05, 4.69) is 56.5 Å². The maximum Gasteiger partial charge on any atom is 0.243 e. The fourth-order valence-corrected chi connectivity index (χ4v) is 6.70. The Morgan fingerprint density at radius 3 is 2.00 bits per heavy atom. The molecule has 5 rings (SSSR count). The van der Waals surface area contributed by atoms with Crippen molar-refractivity contribution >= 4 is 23.2 Å². The molecule has 0 N–H and O–H groups in total. The van der Waals surface area contributed by atoms with Crippen molar-refractivity contribution in [3.8, 4) is 0 Å². The molecule has 1 aliphatic rings. The third kappa shape index (κ3) is 6.15. The van der Waals surface area contributed by atoms with Crippen LogP contribution in [0.25, 0.3) is 0 Å². The van der Waals surface area contributed by atoms with E-state index in [0.717, 1.165) is 23.1 Å². The highest BCUT2D eigenvalue weighted by atomic mass is 32.1. The number of carbonyl (C=O) groups is 2. The first-order valence-electron chi connectivity index (χ1n) is 14.5. The van der Waals surface area contributed by atoms with Crippen molar-refractivity contribution in [2.45, 2.75) is 64.5 Å². The summed E-state index contributed by atoms with van der Waals surface area (Å²) in [4.78, 5) is 33.6. The van der Waals surface area contributed by atoms with Gasteiger partial charge < -0.3 is 9.80 Å². The molecule has 3 aromatic carbocycles. The van der Waals surface area contributed by atoms with Crippen LogP contribution in [0.5, 0.6) is 0 Å². The van der Waals surface area contributed by atoms with Crippen molar-refractivity contribution in [3.05, 3.63) is 129 Å². The Bertz CT molecular complexity index is 1430. The molecule has 4 nitrogen and oxygen atoms in total. The minimum atomic E-state index is -0.474. The highest BCUT2D eigenvalue weighted by Crippen LogP contribution is 2.39. The zero-order valence-corrected chi connectivity index (χ0v) is 25.5. The van der Waals surface area contributed by atoms with Crippen molar-refractivity contribution in [3.63, 3.8) is 0 Å². The van der Waals surface area contributed by atoms with E-state index in [0.29, 0.717) is 6.54 Å². The topological polar surface area (TPSA) is 40.6 Å². The van der Waals surface area contributed by atoms with Crippen LogP contribution in [-0.4, -0.2) is 40.7 Å². The molecule has 0 saturated heterocycles. The van der Waals surface area contributed by atoms with E-state index in [-0.39, 0.29) is 35.9 Å². The van der Waals surface area contributed by atoms with Gasteiger partial charge in [-0.25, -0.2) is 0 Å². The number of benzene rings is 3. The van der Waals surface area contributed by atoms with E-state index in [1.165, 1.54) is 16.0 Å². The predicted molar refractivity (Wildman–Crippen MR) is 168 cm³/mol. The van der Waals surface area contributed by atoms with Gasteiger partial charge in [0.25, 0.3) is 0 Å². The van der Waals surface area contributed by atoms with Crippen LogP contribution in [0.3, 0.4) is 0 Å². The van der Waals surface area contributed by atoms with Crippen LogP contribution in [0, 0.1) is 0 Å². The second-order valence-electron chi connectivity index (χ2n) is 12.2. The molecule has 2 amide bonds. The molecule has 0 bridgehead atoms. The molecular formula is C36H40N2O2S. The van der Waals surface area contributed by atoms with Gasteiger partial charge in [-0.1, -0.05) is 106 Å². The second-order valence-corrected chi connectivity index (χ2v) is 13.2. The number of hydrogen-bond acceptors (Lipinski definition) is 3. The third-order valence-electron chi connectivity index (χ3n) is 8.10. The molecule has 0 saturated carbocycles. The predicted octanol–water partition coefficient (Wildman–Crippen LogP) is 7.59. The van der Waals surface area contributed by atoms with Gasteiger partial charge >= 0.3 is 0 Å². The molecule has 41 heavy (non-hydrogen) atoms. The summed E-state index contributed by atoms with van der Waals surface area (Å²) in [6, 6.07) is 30.3. The molecule has 1 aromatic heterocycles. The summed E-state index contributed by atoms with van der Waals surface area (Å²) in [5.74, 6) is -0.545. The lowest BCUT2D eigenvalue weighted by atomic mass is 9.85. The lowest BCUT2D eigenvalue weighted by Gasteiger charge is -2.39. The molecule has 1 aliphatic heterocycles. The van der Waals surface area contributed by atoms with Crippen LogP contribution >= 0.6 is 11.3 Å². The lowest BCUT2D eigenvalue weighted by Crippen LogP contribution is -2.49. The molecule has 212 valence electrons. The van der Waals surface area contributed by atoms with E-state index in [1.807, 2.05) is 79.4 Å². The van der Waals surface area contributed by atoms with Gasteiger partial charge in [0.2, 0.25) is 11.8 Å². The zero-order valence-electron chi connectivity index (χ0n) is 24.7. The Balaban J connectivity index is 1.46. The monoisotopic (exact) mass is 564 g/mol. The van der Waals surface area contributed by atoms with Crippen LogP contribution in [0.2, 0.25) is 0 Å². The van der Waals surface area contributed by atoms with Gasteiger partial charge in [-0.05, 0) is 64.9 Å². The quantitative estimate of drug-likeness (QED) is 0.232. The molecule has 0 radical (unpaired) electrons. The minimum Gasteiger partial charge on any atom is -0.330 e. The lowest BCUT2D eigenvalue weighted by molar-refractivity contribution is -0.143. The van der Waals surface area contributed by atoms with Crippen molar-refractivity contribution < 1.29 is 9.59 Å². The van der Waals surface area contributed by atoms with Gasteiger partial charge in [0.05, 0.1) is 12.0 Å². The summed E-state index contributed by atoms with van der Waals surface area (Å²) < 4.78 is 0. The maximum absolute atomic E-state index is 14.3. The Kier molecular flexibility index (Phi) is 8.46. The molecule has 4 aromatic rings. The van der Waals surface area contributed by atoms with E-state index < -0.39 is 5.92 Å². The summed E-state index contributed by atoms with van der Waals surface area (Å²) in [5.41, 5.74) is 5.50. The van der Waals surface area contributed by atoms with Crippen molar-refractivity contribution in [2.75, 3.05) is 13.1 Å². The summed E-state index contributed by atoms with van der Waals surface area (Å²) in [6.07, 6.45) is 0.835. The molecule has 1 atom stereocenters. The fraction of sp³-hybridized carbons (Fsp3) is 0.333. The highest BCUT2D eigenvalue weighted by molar-refractivity contribution is 7.10. The van der Waals surface area contributed by atoms with Gasteiger partial charge in [0.1, 0.15) is 6.54 Å². The molecule has 1 unspecified atom stereocenters. The van der Waals surface area contributed by atoms with Crippen LogP contribution in [0.4, 0.5) is 0 Å². The zero-order chi connectivity index (χ0) is 29.1. The smallest absolute Gasteiger partial charge is 0.243 e. The maximum atomic E-state index is 14.3. The number of amides is 2. The summed E-state index contributed by atoms with van der Waals surface area (Å²) in [7, 11) is 0. The third-order valence-corrected chi connectivity index (χ3v) is 9.10. The Labute approximate surface area is 248 Å². The normalized spacial score (nSPS) is 15.2. The Morgan fingerprint density at radius 1 is 0.878 bits per heavy atom. The van der Waals surface area contributed by atoms with E-state index in [9.17, 15) is 9.59 Å². The molecule has 0 aliphatic carbocycles. The molecule has 0 fully saturated rings. The van der Waals surface area contributed by atoms with Crippen LogP contribution in [-0.2, 0) is 21.4 Å². The largest absolute Gasteiger partial charge is 0.330 e. The van der Waals surface area contributed by atoms with Gasteiger partial charge in [0.15, 0.2) is 0 Å². The first kappa shape index (κ1) is 28.8. The van der Waals surface area contributed by atoms with E-state index >= 15 is 0 Å². The van der Waals surface area contributed by atoms with Crippen LogP contribution in [0.15, 0.2) is 96.4 Å². The molecular weight excluding hydrogens is 524 g/mol. The van der Waals surface area contributed by atoms with Gasteiger partial charge in [-0.3, -0.25) is 9.59 Å². The Morgan fingerprint density at radius 2 is 1.46 bits per heavy atom. The number of nitrogens with zero attached hydrogens (tertiary/aromatic N) is 2. The van der Waals surface area contributed by atoms with Gasteiger partial charge in [-0.2, -0.15) is 0 Å². The first-order valence-corrected chi connectivity index (χ1v) is 15.4. The number of fused-ring (bicyclic) bond motifs is 1. The average molecular weight is 565 g/mol. The van der Waals surface area contributed by atoms with E-state index in [1.54, 1.807) is 16.2 Å². The second kappa shape index (κ2) is 12.0. The molecule has 5 heteroatoms. The molecule has 0 spiro atoms. The summed E-state index contributed by atoms with van der Waals surface area (Å²) >= 11 is 1.77. The number of thiophene rings is 1. The SMILES string of the molecule is CC(C)N(CC(=O)N1CCc2sccc2C1c1ccc(C(C)(C)C)cc1)C(=O)C(c1ccccc1)c1ccccc1. The molecule has 2 heterocycles. The first-order chi connectivity index (χ1) is 19.6. The number of carbonyl (C=O) groups excluding carboxylic acids is 2. The summed E-state index contributed by atoms with van der Waals surface area (Å²) in [6.45, 7) is 11.3. The van der Waals surface area contributed by atoms with Gasteiger partial charge in [0, 0.05) is 17.5 Å². The average Bonchev–Trinajstić information content (AvgIpc) is 3.45. The Hall–Kier alpha value is -3.70. The summed E-state index contributed by atoms with van der Waals surface area (Å²) in [5, 5.41) is 2.13. The number of rotatable bonds is 7. The highest BCUT2D eigenvalue weighted by Gasteiger charge is 2.36. The van der Waals surface area contributed by atoms with Crippen molar-refractivity contribution in [1.29, 1.82) is 0 Å². The number of hydrogen-bond donors (Lipinski definition) is 0.